The second kappa shape index (κ2) is 7.85. The first-order valence-corrected chi connectivity index (χ1v) is 7.47. The molecule has 3 heteroatoms. The second-order valence-corrected chi connectivity index (χ2v) is 5.06. The topological polar surface area (TPSA) is 42.4 Å². The number of hydrogen-bond acceptors (Lipinski definition) is 3. The largest absolute Gasteiger partial charge is 0.477 e. The highest BCUT2D eigenvalue weighted by atomic mass is 16.5. The summed E-state index contributed by atoms with van der Waals surface area (Å²) in [4.78, 5) is 4.38. The van der Waals surface area contributed by atoms with E-state index in [0.29, 0.717) is 18.2 Å². The van der Waals surface area contributed by atoms with Crippen molar-refractivity contribution in [2.45, 2.75) is 45.6 Å². The van der Waals surface area contributed by atoms with Crippen LogP contribution in [-0.4, -0.2) is 16.7 Å². The van der Waals surface area contributed by atoms with E-state index in [2.05, 4.69) is 11.9 Å². The number of aliphatic hydroxyl groups is 1. The van der Waals surface area contributed by atoms with Gasteiger partial charge in [0, 0.05) is 5.39 Å². The predicted molar refractivity (Wildman–Crippen MR) is 81.9 cm³/mol. The molecule has 20 heavy (non-hydrogen) atoms. The molecule has 0 spiro atoms. The molecule has 0 bridgehead atoms. The summed E-state index contributed by atoms with van der Waals surface area (Å²) in [6.07, 6.45) is 6.07. The maximum atomic E-state index is 9.27. The van der Waals surface area contributed by atoms with Crippen molar-refractivity contribution in [3.8, 4) is 5.88 Å². The smallest absolute Gasteiger partial charge is 0.221 e. The lowest BCUT2D eigenvalue weighted by Gasteiger charge is -2.10. The van der Waals surface area contributed by atoms with Crippen LogP contribution in [-0.2, 0) is 6.61 Å². The van der Waals surface area contributed by atoms with E-state index in [0.717, 1.165) is 17.2 Å². The molecule has 0 aliphatic heterocycles. The van der Waals surface area contributed by atoms with Crippen molar-refractivity contribution in [1.82, 2.24) is 4.98 Å². The van der Waals surface area contributed by atoms with Crippen LogP contribution in [0, 0.1) is 0 Å². The quantitative estimate of drug-likeness (QED) is 0.737. The molecule has 0 atom stereocenters. The first-order valence-electron chi connectivity index (χ1n) is 7.47. The van der Waals surface area contributed by atoms with Crippen LogP contribution in [0.15, 0.2) is 30.3 Å². The van der Waals surface area contributed by atoms with Crippen molar-refractivity contribution in [2.75, 3.05) is 6.61 Å². The van der Waals surface area contributed by atoms with Crippen LogP contribution in [0.4, 0.5) is 0 Å². The maximum absolute atomic E-state index is 9.27. The van der Waals surface area contributed by atoms with Gasteiger partial charge in [-0.25, -0.2) is 4.98 Å². The van der Waals surface area contributed by atoms with Gasteiger partial charge in [0.25, 0.3) is 0 Å². The van der Waals surface area contributed by atoms with Gasteiger partial charge in [-0.15, -0.1) is 0 Å². The molecule has 0 aliphatic rings. The van der Waals surface area contributed by atoms with Crippen LogP contribution in [0.3, 0.4) is 0 Å². The number of aromatic nitrogens is 1. The van der Waals surface area contributed by atoms with Gasteiger partial charge in [-0.2, -0.15) is 0 Å². The normalized spacial score (nSPS) is 10.9. The Kier molecular flexibility index (Phi) is 5.81. The lowest BCUT2D eigenvalue weighted by atomic mass is 10.1. The number of benzene rings is 1. The van der Waals surface area contributed by atoms with Gasteiger partial charge in [-0.1, -0.05) is 50.8 Å². The molecule has 1 N–H and O–H groups in total. The van der Waals surface area contributed by atoms with Crippen molar-refractivity contribution in [1.29, 1.82) is 0 Å². The molecule has 3 nitrogen and oxygen atoms in total. The Morgan fingerprint density at radius 1 is 1.10 bits per heavy atom. The molecule has 1 aromatic heterocycles. The molecule has 0 fully saturated rings. The van der Waals surface area contributed by atoms with E-state index >= 15 is 0 Å². The fraction of sp³-hybridized carbons (Fsp3) is 0.471. The summed E-state index contributed by atoms with van der Waals surface area (Å²) < 4.78 is 5.82. The molecular formula is C17H23NO2. The van der Waals surface area contributed by atoms with Crippen LogP contribution >= 0.6 is 0 Å². The lowest BCUT2D eigenvalue weighted by molar-refractivity contribution is 0.268. The highest BCUT2D eigenvalue weighted by molar-refractivity contribution is 5.87. The monoisotopic (exact) mass is 273 g/mol. The standard InChI is InChI=1S/C17H23NO2/c1-2-3-4-5-8-11-20-17-16-10-7-6-9-14(16)12-15(13-19)18-17/h6-7,9-10,12,19H,2-5,8,11,13H2,1H3. The van der Waals surface area contributed by atoms with Gasteiger partial charge in [0.15, 0.2) is 0 Å². The molecule has 0 amide bonds. The van der Waals surface area contributed by atoms with Gasteiger partial charge in [-0.05, 0) is 23.9 Å². The summed E-state index contributed by atoms with van der Waals surface area (Å²) in [5.74, 6) is 0.641. The third-order valence-corrected chi connectivity index (χ3v) is 3.41. The number of pyridine rings is 1. The minimum atomic E-state index is -0.0578. The lowest BCUT2D eigenvalue weighted by Crippen LogP contribution is -2.02. The van der Waals surface area contributed by atoms with Crippen LogP contribution in [0.5, 0.6) is 5.88 Å². The van der Waals surface area contributed by atoms with Gasteiger partial charge in [0.2, 0.25) is 5.88 Å². The Bertz CT molecular complexity index is 540. The van der Waals surface area contributed by atoms with Gasteiger partial charge < -0.3 is 9.84 Å². The molecule has 0 saturated heterocycles. The Morgan fingerprint density at radius 2 is 1.90 bits per heavy atom. The number of unbranched alkanes of at least 4 members (excludes halogenated alkanes) is 4. The van der Waals surface area contributed by atoms with E-state index in [1.165, 1.54) is 25.7 Å². The Labute approximate surface area is 120 Å². The highest BCUT2D eigenvalue weighted by Crippen LogP contribution is 2.24. The minimum Gasteiger partial charge on any atom is -0.477 e. The van der Waals surface area contributed by atoms with Crippen molar-refractivity contribution in [2.24, 2.45) is 0 Å². The van der Waals surface area contributed by atoms with Crippen molar-refractivity contribution in [3.05, 3.63) is 36.0 Å². The highest BCUT2D eigenvalue weighted by Gasteiger charge is 2.06. The second-order valence-electron chi connectivity index (χ2n) is 5.06. The average Bonchev–Trinajstić information content (AvgIpc) is 2.50. The number of aliphatic hydroxyl groups excluding tert-OH is 1. The van der Waals surface area contributed by atoms with Crippen molar-refractivity contribution in [3.63, 3.8) is 0 Å². The van der Waals surface area contributed by atoms with E-state index in [1.807, 2.05) is 30.3 Å². The van der Waals surface area contributed by atoms with Crippen LogP contribution in [0.2, 0.25) is 0 Å². The molecule has 0 aliphatic carbocycles. The van der Waals surface area contributed by atoms with Crippen LogP contribution in [0.1, 0.15) is 44.7 Å². The fourth-order valence-electron chi connectivity index (χ4n) is 2.29. The van der Waals surface area contributed by atoms with Crippen LogP contribution < -0.4 is 4.74 Å². The molecule has 2 aromatic rings. The predicted octanol–water partition coefficient (Wildman–Crippen LogP) is 4.08. The van der Waals surface area contributed by atoms with E-state index in [1.54, 1.807) is 0 Å². The van der Waals surface area contributed by atoms with Gasteiger partial charge >= 0.3 is 0 Å². The molecule has 1 aromatic carbocycles. The van der Waals surface area contributed by atoms with Gasteiger partial charge in [0.1, 0.15) is 0 Å². The first kappa shape index (κ1) is 14.8. The zero-order chi connectivity index (χ0) is 14.2. The number of fused-ring (bicyclic) bond motifs is 1. The van der Waals surface area contributed by atoms with E-state index in [-0.39, 0.29) is 6.61 Å². The fourth-order valence-corrected chi connectivity index (χ4v) is 2.29. The molecule has 108 valence electrons. The number of ether oxygens (including phenoxy) is 1. The zero-order valence-electron chi connectivity index (χ0n) is 12.1. The summed E-state index contributed by atoms with van der Waals surface area (Å²) in [5.41, 5.74) is 0.657. The third kappa shape index (κ3) is 3.94. The van der Waals surface area contributed by atoms with Gasteiger partial charge in [-0.3, -0.25) is 0 Å². The Hall–Kier alpha value is -1.61. The molecule has 2 rings (SSSR count). The Morgan fingerprint density at radius 3 is 2.70 bits per heavy atom. The summed E-state index contributed by atoms with van der Waals surface area (Å²) in [5, 5.41) is 11.3. The molecule has 0 radical (unpaired) electrons. The van der Waals surface area contributed by atoms with E-state index in [4.69, 9.17) is 4.74 Å². The van der Waals surface area contributed by atoms with E-state index < -0.39 is 0 Å². The third-order valence-electron chi connectivity index (χ3n) is 3.41. The molecule has 0 unspecified atom stereocenters. The molecular weight excluding hydrogens is 250 g/mol. The number of hydrogen-bond donors (Lipinski definition) is 1. The van der Waals surface area contributed by atoms with E-state index in [9.17, 15) is 5.11 Å². The zero-order valence-corrected chi connectivity index (χ0v) is 12.1. The summed E-state index contributed by atoms with van der Waals surface area (Å²) in [6, 6.07) is 9.90. The van der Waals surface area contributed by atoms with Crippen molar-refractivity contribution >= 4 is 10.8 Å². The van der Waals surface area contributed by atoms with Crippen LogP contribution in [0.25, 0.3) is 10.8 Å². The summed E-state index contributed by atoms with van der Waals surface area (Å²) in [7, 11) is 0. The SMILES string of the molecule is CCCCCCCOc1nc(CO)cc2ccccc12. The Balaban J connectivity index is 2.01. The van der Waals surface area contributed by atoms with Gasteiger partial charge in [0.05, 0.1) is 18.9 Å². The maximum Gasteiger partial charge on any atom is 0.221 e. The molecule has 0 saturated carbocycles. The minimum absolute atomic E-state index is 0.0578. The number of nitrogens with zero attached hydrogens (tertiary/aromatic N) is 1. The number of rotatable bonds is 8. The summed E-state index contributed by atoms with van der Waals surface area (Å²) >= 11 is 0. The molecule has 1 heterocycles. The van der Waals surface area contributed by atoms with Crippen molar-refractivity contribution < 1.29 is 9.84 Å². The average molecular weight is 273 g/mol. The summed E-state index contributed by atoms with van der Waals surface area (Å²) in [6.45, 7) is 2.85. The first-order chi connectivity index (χ1) is 9.85.